The second-order valence-electron chi connectivity index (χ2n) is 7.43. The van der Waals surface area contributed by atoms with Crippen molar-refractivity contribution in [3.8, 4) is 10.8 Å². The number of nitrogens with zero attached hydrogens (tertiary/aromatic N) is 5. The van der Waals surface area contributed by atoms with Gasteiger partial charge in [-0.1, -0.05) is 13.0 Å². The summed E-state index contributed by atoms with van der Waals surface area (Å²) in [5.41, 5.74) is 0. The van der Waals surface area contributed by atoms with Gasteiger partial charge in [0, 0.05) is 39.6 Å². The summed E-state index contributed by atoms with van der Waals surface area (Å²) in [6.45, 7) is 6.64. The van der Waals surface area contributed by atoms with E-state index in [1.807, 2.05) is 36.4 Å². The summed E-state index contributed by atoms with van der Waals surface area (Å²) in [5, 5.41) is 10.2. The Morgan fingerprint density at radius 2 is 2.07 bits per heavy atom. The van der Waals surface area contributed by atoms with Gasteiger partial charge < -0.3 is 14.2 Å². The Hall–Kier alpha value is -2.26. The average molecular weight is 420 g/mol. The second kappa shape index (κ2) is 9.98. The molecule has 0 spiro atoms. The number of aromatic nitrogens is 2. The van der Waals surface area contributed by atoms with Crippen molar-refractivity contribution < 1.29 is 14.0 Å². The van der Waals surface area contributed by atoms with Crippen molar-refractivity contribution in [2.24, 2.45) is 0 Å². The Kier molecular flexibility index (Phi) is 7.38. The lowest BCUT2D eigenvalue weighted by Crippen LogP contribution is -2.48. The normalized spacial score (nSPS) is 15.4. The molecule has 158 valence electrons. The third-order valence-electron chi connectivity index (χ3n) is 5.33. The molecule has 8 nitrogen and oxygen atoms in total. The number of rotatable bonds is 8. The highest BCUT2D eigenvalue weighted by molar-refractivity contribution is 7.13. The van der Waals surface area contributed by atoms with E-state index in [0.29, 0.717) is 31.4 Å². The number of likely N-dealkylation sites (tertiary alicyclic amines) is 1. The summed E-state index contributed by atoms with van der Waals surface area (Å²) < 4.78 is 5.75. The fourth-order valence-electron chi connectivity index (χ4n) is 3.56. The zero-order valence-electron chi connectivity index (χ0n) is 17.3. The van der Waals surface area contributed by atoms with Crippen LogP contribution in [0.3, 0.4) is 0 Å². The van der Waals surface area contributed by atoms with Gasteiger partial charge in [0.05, 0.1) is 18.0 Å². The largest absolute Gasteiger partial charge is 0.418 e. The van der Waals surface area contributed by atoms with E-state index in [1.54, 1.807) is 23.2 Å². The zero-order chi connectivity index (χ0) is 20.8. The molecule has 0 radical (unpaired) electrons. The van der Waals surface area contributed by atoms with Gasteiger partial charge in [-0.05, 0) is 30.7 Å². The fourth-order valence-corrected chi connectivity index (χ4v) is 4.20. The van der Waals surface area contributed by atoms with Crippen LogP contribution in [0, 0.1) is 0 Å². The van der Waals surface area contributed by atoms with E-state index in [2.05, 4.69) is 15.1 Å². The lowest BCUT2D eigenvalue weighted by molar-refractivity contribution is -0.135. The van der Waals surface area contributed by atoms with E-state index in [1.165, 1.54) is 0 Å². The number of carbonyl (C=O) groups excluding carboxylic acids is 2. The molecule has 3 heterocycles. The third-order valence-corrected chi connectivity index (χ3v) is 6.19. The molecule has 0 unspecified atom stereocenters. The molecular weight excluding hydrogens is 390 g/mol. The van der Waals surface area contributed by atoms with Crippen LogP contribution in [0.25, 0.3) is 10.8 Å². The van der Waals surface area contributed by atoms with E-state index in [9.17, 15) is 9.59 Å². The predicted octanol–water partition coefficient (Wildman–Crippen LogP) is 2.48. The van der Waals surface area contributed by atoms with E-state index >= 15 is 0 Å². The van der Waals surface area contributed by atoms with E-state index in [0.717, 1.165) is 37.2 Å². The number of piperidine rings is 1. The first-order chi connectivity index (χ1) is 14.0. The molecule has 0 saturated carbocycles. The van der Waals surface area contributed by atoms with Gasteiger partial charge in [-0.3, -0.25) is 14.5 Å². The van der Waals surface area contributed by atoms with Crippen molar-refractivity contribution in [3.63, 3.8) is 0 Å². The first-order valence-corrected chi connectivity index (χ1v) is 11.0. The fraction of sp³-hybridized carbons (Fsp3) is 0.600. The molecule has 0 N–H and O–H groups in total. The Labute approximate surface area is 175 Å². The number of hydrogen-bond donors (Lipinski definition) is 0. The monoisotopic (exact) mass is 419 g/mol. The summed E-state index contributed by atoms with van der Waals surface area (Å²) in [6.07, 6.45) is 2.65. The van der Waals surface area contributed by atoms with Crippen LogP contribution in [-0.4, -0.2) is 76.0 Å². The van der Waals surface area contributed by atoms with Crippen LogP contribution in [-0.2, 0) is 16.1 Å². The minimum Gasteiger partial charge on any atom is -0.418 e. The molecule has 1 fully saturated rings. The SMILES string of the molecule is CCCN(Cc1nnc(-c2cccs2)o1)C(=O)CN1CCC(N(C)C(C)=O)CC1. The lowest BCUT2D eigenvalue weighted by Gasteiger charge is -2.36. The van der Waals surface area contributed by atoms with Gasteiger partial charge in [0.15, 0.2) is 0 Å². The Morgan fingerprint density at radius 3 is 2.69 bits per heavy atom. The van der Waals surface area contributed by atoms with Gasteiger partial charge in [-0.15, -0.1) is 21.5 Å². The van der Waals surface area contributed by atoms with Gasteiger partial charge in [0.25, 0.3) is 5.89 Å². The minimum absolute atomic E-state index is 0.0705. The molecule has 29 heavy (non-hydrogen) atoms. The number of thiophene rings is 1. The van der Waals surface area contributed by atoms with Gasteiger partial charge >= 0.3 is 0 Å². The Bertz CT molecular complexity index is 799. The highest BCUT2D eigenvalue weighted by Crippen LogP contribution is 2.23. The van der Waals surface area contributed by atoms with Crippen molar-refractivity contribution in [3.05, 3.63) is 23.4 Å². The summed E-state index contributed by atoms with van der Waals surface area (Å²) in [6, 6.07) is 4.14. The first kappa shape index (κ1) is 21.4. The molecule has 0 aliphatic carbocycles. The minimum atomic E-state index is 0.0705. The van der Waals surface area contributed by atoms with E-state index < -0.39 is 0 Å². The molecule has 0 aromatic carbocycles. The summed E-state index contributed by atoms with van der Waals surface area (Å²) in [4.78, 5) is 31.1. The zero-order valence-corrected chi connectivity index (χ0v) is 18.2. The molecule has 0 bridgehead atoms. The Balaban J connectivity index is 1.54. The van der Waals surface area contributed by atoms with Gasteiger partial charge in [0.1, 0.15) is 0 Å². The average Bonchev–Trinajstić information content (AvgIpc) is 3.39. The molecular formula is C20H29N5O3S. The van der Waals surface area contributed by atoms with Crippen LogP contribution < -0.4 is 0 Å². The third kappa shape index (κ3) is 5.63. The standard InChI is InChI=1S/C20H29N5O3S/c1-4-9-25(13-18-21-22-20(28-18)17-6-5-12-29-17)19(27)14-24-10-7-16(8-11-24)23(3)15(2)26/h5-6,12,16H,4,7-11,13-14H2,1-3H3. The molecule has 1 aliphatic heterocycles. The van der Waals surface area contributed by atoms with Crippen molar-refractivity contribution in [2.75, 3.05) is 33.2 Å². The first-order valence-electron chi connectivity index (χ1n) is 10.1. The Morgan fingerprint density at radius 1 is 1.31 bits per heavy atom. The van der Waals surface area contributed by atoms with Crippen LogP contribution in [0.4, 0.5) is 0 Å². The molecule has 2 amide bonds. The highest BCUT2D eigenvalue weighted by Gasteiger charge is 2.26. The molecule has 3 rings (SSSR count). The van der Waals surface area contributed by atoms with Gasteiger partial charge in [-0.25, -0.2) is 0 Å². The molecule has 2 aromatic rings. The summed E-state index contributed by atoms with van der Waals surface area (Å²) in [7, 11) is 1.85. The number of carbonyl (C=O) groups is 2. The highest BCUT2D eigenvalue weighted by atomic mass is 32.1. The van der Waals surface area contributed by atoms with E-state index in [-0.39, 0.29) is 17.9 Å². The van der Waals surface area contributed by atoms with Crippen LogP contribution in [0.5, 0.6) is 0 Å². The van der Waals surface area contributed by atoms with Gasteiger partial charge in [-0.2, -0.15) is 0 Å². The van der Waals surface area contributed by atoms with Crippen molar-refractivity contribution in [2.45, 2.75) is 45.7 Å². The molecule has 1 saturated heterocycles. The summed E-state index contributed by atoms with van der Waals surface area (Å²) in [5.74, 6) is 1.11. The quantitative estimate of drug-likeness (QED) is 0.654. The van der Waals surface area contributed by atoms with Crippen LogP contribution >= 0.6 is 11.3 Å². The number of hydrogen-bond acceptors (Lipinski definition) is 7. The molecule has 9 heteroatoms. The molecule has 1 aliphatic rings. The van der Waals surface area contributed by atoms with Crippen LogP contribution in [0.1, 0.15) is 39.0 Å². The number of amides is 2. The maximum atomic E-state index is 12.9. The summed E-state index contributed by atoms with van der Waals surface area (Å²) >= 11 is 1.54. The predicted molar refractivity (Wildman–Crippen MR) is 111 cm³/mol. The van der Waals surface area contributed by atoms with Crippen LogP contribution in [0.2, 0.25) is 0 Å². The maximum absolute atomic E-state index is 12.9. The second-order valence-corrected chi connectivity index (χ2v) is 8.38. The van der Waals surface area contributed by atoms with Crippen LogP contribution in [0.15, 0.2) is 21.9 Å². The molecule has 0 atom stereocenters. The maximum Gasteiger partial charge on any atom is 0.257 e. The topological polar surface area (TPSA) is 82.8 Å². The van der Waals surface area contributed by atoms with Crippen molar-refractivity contribution >= 4 is 23.2 Å². The van der Waals surface area contributed by atoms with Gasteiger partial charge in [0.2, 0.25) is 17.7 Å². The van der Waals surface area contributed by atoms with E-state index in [4.69, 9.17) is 4.42 Å². The molecule has 2 aromatic heterocycles. The van der Waals surface area contributed by atoms with Crippen molar-refractivity contribution in [1.82, 2.24) is 24.9 Å². The van der Waals surface area contributed by atoms with Crippen molar-refractivity contribution in [1.29, 1.82) is 0 Å². The lowest BCUT2D eigenvalue weighted by atomic mass is 10.0. The smallest absolute Gasteiger partial charge is 0.257 e.